The predicted molar refractivity (Wildman–Crippen MR) is 126 cm³/mol. The Morgan fingerprint density at radius 1 is 1.29 bits per heavy atom. The highest BCUT2D eigenvalue weighted by molar-refractivity contribution is 14.0. The first-order chi connectivity index (χ1) is 13.3. The third kappa shape index (κ3) is 6.59. The predicted octanol–water partition coefficient (Wildman–Crippen LogP) is 4.02. The van der Waals surface area contributed by atoms with E-state index in [1.54, 1.807) is 7.11 Å². The van der Waals surface area contributed by atoms with Crippen molar-refractivity contribution in [3.63, 3.8) is 0 Å². The summed E-state index contributed by atoms with van der Waals surface area (Å²) >= 11 is 0. The standard InChI is InChI=1S/C22H35N3O2.HI/c1-3-23-22(25-14-12-18(16-25)17-26-2)24-13-7-15-27-21-11-6-9-19-8-4-5-10-20(19)21;/h4-5,8,10,18,21H,3,6-7,9,11-17H2,1-2H3,(H,23,24);1H. The van der Waals surface area contributed by atoms with Gasteiger partial charge in [0.1, 0.15) is 0 Å². The molecule has 28 heavy (non-hydrogen) atoms. The Balaban J connectivity index is 0.00000280. The second-order valence-electron chi connectivity index (χ2n) is 7.60. The number of aryl methyl sites for hydroxylation is 1. The van der Waals surface area contributed by atoms with Crippen molar-refractivity contribution in [2.75, 3.05) is 46.5 Å². The summed E-state index contributed by atoms with van der Waals surface area (Å²) in [7, 11) is 1.78. The maximum absolute atomic E-state index is 6.21. The van der Waals surface area contributed by atoms with Gasteiger partial charge in [-0.2, -0.15) is 0 Å². The first kappa shape index (κ1) is 23.4. The molecule has 2 aliphatic rings. The molecule has 0 radical (unpaired) electrons. The molecule has 1 N–H and O–H groups in total. The molecule has 0 spiro atoms. The van der Waals surface area contributed by atoms with Crippen LogP contribution in [0.3, 0.4) is 0 Å². The summed E-state index contributed by atoms with van der Waals surface area (Å²) in [5, 5.41) is 3.43. The van der Waals surface area contributed by atoms with Crippen LogP contribution in [-0.4, -0.2) is 57.4 Å². The zero-order valence-electron chi connectivity index (χ0n) is 17.4. The normalized spacial score (nSPS) is 21.9. The maximum Gasteiger partial charge on any atom is 0.193 e. The molecule has 2 atom stereocenters. The van der Waals surface area contributed by atoms with Gasteiger partial charge in [-0.25, -0.2) is 0 Å². The quantitative estimate of drug-likeness (QED) is 0.253. The number of rotatable bonds is 8. The molecule has 2 unspecified atom stereocenters. The van der Waals surface area contributed by atoms with Crippen LogP contribution in [0.5, 0.6) is 0 Å². The molecule has 1 saturated heterocycles. The summed E-state index contributed by atoms with van der Waals surface area (Å²) in [6.45, 7) is 7.55. The fraction of sp³-hybridized carbons (Fsp3) is 0.682. The fourth-order valence-electron chi connectivity index (χ4n) is 4.18. The Bertz CT molecular complexity index is 611. The minimum Gasteiger partial charge on any atom is -0.384 e. The number of aliphatic imine (C=N–C) groups is 1. The van der Waals surface area contributed by atoms with Crippen molar-refractivity contribution in [1.82, 2.24) is 10.2 Å². The highest BCUT2D eigenvalue weighted by atomic mass is 127. The number of hydrogen-bond donors (Lipinski definition) is 1. The van der Waals surface area contributed by atoms with Gasteiger partial charge in [0.15, 0.2) is 5.96 Å². The third-order valence-electron chi connectivity index (χ3n) is 5.52. The average molecular weight is 501 g/mol. The first-order valence-corrected chi connectivity index (χ1v) is 10.5. The van der Waals surface area contributed by atoms with E-state index in [1.165, 1.54) is 30.4 Å². The van der Waals surface area contributed by atoms with Gasteiger partial charge < -0.3 is 19.7 Å². The fourth-order valence-corrected chi connectivity index (χ4v) is 4.18. The molecule has 0 aromatic heterocycles. The smallest absolute Gasteiger partial charge is 0.193 e. The zero-order valence-corrected chi connectivity index (χ0v) is 19.7. The number of nitrogens with one attached hydrogen (secondary N) is 1. The van der Waals surface area contributed by atoms with E-state index < -0.39 is 0 Å². The maximum atomic E-state index is 6.21. The number of fused-ring (bicyclic) bond motifs is 1. The van der Waals surface area contributed by atoms with Crippen LogP contribution in [0.4, 0.5) is 0 Å². The molecule has 0 saturated carbocycles. The molecular formula is C22H36IN3O2. The van der Waals surface area contributed by atoms with E-state index in [0.717, 1.165) is 58.2 Å². The molecule has 1 aliphatic heterocycles. The Hall–Kier alpha value is -0.860. The zero-order chi connectivity index (χ0) is 18.9. The number of ether oxygens (including phenoxy) is 2. The monoisotopic (exact) mass is 501 g/mol. The largest absolute Gasteiger partial charge is 0.384 e. The van der Waals surface area contributed by atoms with E-state index in [2.05, 4.69) is 41.4 Å². The van der Waals surface area contributed by atoms with Crippen LogP contribution in [0.25, 0.3) is 0 Å². The summed E-state index contributed by atoms with van der Waals surface area (Å²) in [6, 6.07) is 8.73. The Labute approximate surface area is 187 Å². The van der Waals surface area contributed by atoms with Crippen LogP contribution in [0, 0.1) is 5.92 Å². The van der Waals surface area contributed by atoms with Crippen molar-refractivity contribution >= 4 is 29.9 Å². The number of halogens is 1. The highest BCUT2D eigenvalue weighted by Gasteiger charge is 2.24. The number of guanidine groups is 1. The van der Waals surface area contributed by atoms with Gasteiger partial charge in [-0.3, -0.25) is 4.99 Å². The summed E-state index contributed by atoms with van der Waals surface area (Å²) in [4.78, 5) is 7.19. The number of methoxy groups -OCH3 is 1. The van der Waals surface area contributed by atoms with Gasteiger partial charge in [-0.15, -0.1) is 24.0 Å². The summed E-state index contributed by atoms with van der Waals surface area (Å²) in [5.74, 6) is 1.66. The van der Waals surface area contributed by atoms with Crippen LogP contribution >= 0.6 is 24.0 Å². The van der Waals surface area contributed by atoms with Crippen molar-refractivity contribution in [3.05, 3.63) is 35.4 Å². The van der Waals surface area contributed by atoms with Gasteiger partial charge in [-0.05, 0) is 50.2 Å². The van der Waals surface area contributed by atoms with Crippen LogP contribution in [-0.2, 0) is 15.9 Å². The Morgan fingerprint density at radius 3 is 2.96 bits per heavy atom. The van der Waals surface area contributed by atoms with E-state index in [-0.39, 0.29) is 30.1 Å². The van der Waals surface area contributed by atoms with Crippen molar-refractivity contribution in [3.8, 4) is 0 Å². The van der Waals surface area contributed by atoms with E-state index in [4.69, 9.17) is 14.5 Å². The van der Waals surface area contributed by atoms with Gasteiger partial charge in [0.2, 0.25) is 0 Å². The molecule has 3 rings (SSSR count). The lowest BCUT2D eigenvalue weighted by Gasteiger charge is -2.25. The van der Waals surface area contributed by atoms with Crippen molar-refractivity contribution in [2.45, 2.75) is 45.1 Å². The molecule has 0 amide bonds. The molecule has 158 valence electrons. The van der Waals surface area contributed by atoms with Gasteiger partial charge in [0, 0.05) is 45.8 Å². The second-order valence-corrected chi connectivity index (χ2v) is 7.60. The summed E-state index contributed by atoms with van der Waals surface area (Å²) in [5.41, 5.74) is 2.85. The van der Waals surface area contributed by atoms with Crippen LogP contribution in [0.2, 0.25) is 0 Å². The van der Waals surface area contributed by atoms with Crippen LogP contribution in [0.1, 0.15) is 49.8 Å². The average Bonchev–Trinajstić information content (AvgIpc) is 3.16. The van der Waals surface area contributed by atoms with Crippen LogP contribution in [0.15, 0.2) is 29.3 Å². The molecule has 1 aromatic carbocycles. The van der Waals surface area contributed by atoms with Gasteiger partial charge in [0.05, 0.1) is 12.7 Å². The van der Waals surface area contributed by atoms with Gasteiger partial charge >= 0.3 is 0 Å². The molecule has 0 bridgehead atoms. The molecule has 1 fully saturated rings. The first-order valence-electron chi connectivity index (χ1n) is 10.5. The molecule has 6 heteroatoms. The number of benzene rings is 1. The van der Waals surface area contributed by atoms with E-state index in [1.807, 2.05) is 0 Å². The SMILES string of the molecule is CCNC(=NCCCOC1CCCc2ccccc21)N1CCC(COC)C1.I. The van der Waals surface area contributed by atoms with Crippen LogP contribution < -0.4 is 5.32 Å². The number of hydrogen-bond acceptors (Lipinski definition) is 3. The number of likely N-dealkylation sites (tertiary alicyclic amines) is 1. The van der Waals surface area contributed by atoms with E-state index in [0.29, 0.717) is 5.92 Å². The van der Waals surface area contributed by atoms with Crippen molar-refractivity contribution in [1.29, 1.82) is 0 Å². The lowest BCUT2D eigenvalue weighted by atomic mass is 9.89. The Morgan fingerprint density at radius 2 is 2.14 bits per heavy atom. The molecule has 1 aliphatic carbocycles. The lowest BCUT2D eigenvalue weighted by molar-refractivity contribution is 0.0402. The van der Waals surface area contributed by atoms with Crippen molar-refractivity contribution < 1.29 is 9.47 Å². The minimum absolute atomic E-state index is 0. The molecule has 1 heterocycles. The minimum atomic E-state index is 0. The van der Waals surface area contributed by atoms with Crippen molar-refractivity contribution in [2.24, 2.45) is 10.9 Å². The van der Waals surface area contributed by atoms with E-state index >= 15 is 0 Å². The topological polar surface area (TPSA) is 46.1 Å². The molecular weight excluding hydrogens is 465 g/mol. The summed E-state index contributed by atoms with van der Waals surface area (Å²) < 4.78 is 11.5. The summed E-state index contributed by atoms with van der Waals surface area (Å²) in [6.07, 6.45) is 5.96. The molecule has 1 aromatic rings. The van der Waals surface area contributed by atoms with Gasteiger partial charge in [-0.1, -0.05) is 24.3 Å². The highest BCUT2D eigenvalue weighted by Crippen LogP contribution is 2.32. The number of nitrogens with zero attached hydrogens (tertiary/aromatic N) is 2. The van der Waals surface area contributed by atoms with Gasteiger partial charge in [0.25, 0.3) is 0 Å². The van der Waals surface area contributed by atoms with E-state index in [9.17, 15) is 0 Å². The Kier molecular flexibility index (Phi) is 10.6. The third-order valence-corrected chi connectivity index (χ3v) is 5.52. The lowest BCUT2D eigenvalue weighted by Crippen LogP contribution is -2.40. The second kappa shape index (κ2) is 12.6. The molecule has 5 nitrogen and oxygen atoms in total.